The van der Waals surface area contributed by atoms with Gasteiger partial charge < -0.3 is 10.1 Å². The molecule has 1 aliphatic heterocycles. The van der Waals surface area contributed by atoms with Crippen LogP contribution in [0.15, 0.2) is 77.9 Å². The van der Waals surface area contributed by atoms with Crippen molar-refractivity contribution < 1.29 is 19.2 Å². The predicted octanol–water partition coefficient (Wildman–Crippen LogP) is 4.74. The molecule has 3 aromatic rings. The van der Waals surface area contributed by atoms with Crippen LogP contribution in [0.25, 0.3) is 0 Å². The molecule has 4 rings (SSSR count). The van der Waals surface area contributed by atoms with Crippen molar-refractivity contribution in [2.24, 2.45) is 5.10 Å². The number of hydrogen-bond donors (Lipinski definition) is 1. The lowest BCUT2D eigenvalue weighted by molar-refractivity contribution is -0.385. The molecule has 9 nitrogen and oxygen atoms in total. The van der Waals surface area contributed by atoms with E-state index in [0.717, 1.165) is 5.01 Å². The van der Waals surface area contributed by atoms with Gasteiger partial charge in [-0.2, -0.15) is 5.01 Å². The lowest BCUT2D eigenvalue weighted by Crippen LogP contribution is -2.25. The van der Waals surface area contributed by atoms with Gasteiger partial charge in [-0.05, 0) is 36.4 Å². The Labute approximate surface area is 193 Å². The summed E-state index contributed by atoms with van der Waals surface area (Å²) in [4.78, 5) is 35.5. The van der Waals surface area contributed by atoms with Crippen LogP contribution in [0, 0.1) is 10.1 Å². The SMILES string of the molecule is CC(=O)N1N=C(c2ccccc2NC(=O)c2ccc(Cl)cc2)O[C@@H]1c1cccc([N+](=O)[O-])c1. The van der Waals surface area contributed by atoms with Gasteiger partial charge in [0.25, 0.3) is 11.6 Å². The van der Waals surface area contributed by atoms with Crippen LogP contribution in [-0.2, 0) is 9.53 Å². The van der Waals surface area contributed by atoms with Crippen molar-refractivity contribution in [3.63, 3.8) is 0 Å². The highest BCUT2D eigenvalue weighted by Crippen LogP contribution is 2.33. The third-order valence-corrected chi connectivity index (χ3v) is 5.10. The van der Waals surface area contributed by atoms with Crippen molar-refractivity contribution in [3.05, 3.63) is 105 Å². The molecule has 1 atom stereocenters. The molecule has 0 saturated heterocycles. The number of carbonyl (C=O) groups excluding carboxylic acids is 2. The Balaban J connectivity index is 1.64. The van der Waals surface area contributed by atoms with E-state index in [1.54, 1.807) is 54.6 Å². The van der Waals surface area contributed by atoms with Crippen LogP contribution in [0.5, 0.6) is 0 Å². The maximum atomic E-state index is 12.7. The molecule has 0 spiro atoms. The summed E-state index contributed by atoms with van der Waals surface area (Å²) >= 11 is 5.88. The van der Waals surface area contributed by atoms with Gasteiger partial charge >= 0.3 is 0 Å². The van der Waals surface area contributed by atoms with E-state index in [0.29, 0.717) is 27.4 Å². The zero-order chi connectivity index (χ0) is 23.5. The van der Waals surface area contributed by atoms with E-state index in [-0.39, 0.29) is 17.5 Å². The minimum Gasteiger partial charge on any atom is -0.446 e. The van der Waals surface area contributed by atoms with Gasteiger partial charge in [0.15, 0.2) is 0 Å². The summed E-state index contributed by atoms with van der Waals surface area (Å²) in [5.41, 5.74) is 1.52. The van der Waals surface area contributed by atoms with E-state index in [2.05, 4.69) is 10.4 Å². The van der Waals surface area contributed by atoms with Gasteiger partial charge in [-0.3, -0.25) is 19.7 Å². The summed E-state index contributed by atoms with van der Waals surface area (Å²) in [5.74, 6) is -0.686. The summed E-state index contributed by atoms with van der Waals surface area (Å²) in [6.07, 6.45) is -0.988. The smallest absolute Gasteiger partial charge is 0.269 e. The third-order valence-electron chi connectivity index (χ3n) is 4.84. The number of non-ortho nitro benzene ring substituents is 1. The van der Waals surface area contributed by atoms with Gasteiger partial charge in [-0.25, -0.2) is 0 Å². The third kappa shape index (κ3) is 4.68. The number of hydrogen-bond acceptors (Lipinski definition) is 6. The molecule has 0 radical (unpaired) electrons. The number of hydrazone groups is 1. The van der Waals surface area contributed by atoms with Gasteiger partial charge in [0.1, 0.15) is 0 Å². The van der Waals surface area contributed by atoms with Crippen LogP contribution >= 0.6 is 11.6 Å². The van der Waals surface area contributed by atoms with Gasteiger partial charge in [0, 0.05) is 35.2 Å². The van der Waals surface area contributed by atoms with Crippen LogP contribution in [0.1, 0.15) is 34.6 Å². The second kappa shape index (κ2) is 9.09. The molecule has 0 bridgehead atoms. The monoisotopic (exact) mass is 464 g/mol. The van der Waals surface area contributed by atoms with Crippen LogP contribution in [0.2, 0.25) is 5.02 Å². The molecule has 10 heteroatoms. The molecular formula is C23H17ClN4O5. The fourth-order valence-electron chi connectivity index (χ4n) is 3.26. The summed E-state index contributed by atoms with van der Waals surface area (Å²) in [5, 5.41) is 19.9. The summed E-state index contributed by atoms with van der Waals surface area (Å²) < 4.78 is 5.95. The average molecular weight is 465 g/mol. The van der Waals surface area contributed by atoms with Crippen LogP contribution in [0.4, 0.5) is 11.4 Å². The van der Waals surface area contributed by atoms with Gasteiger partial charge in [-0.15, -0.1) is 5.10 Å². The molecule has 0 saturated carbocycles. The number of para-hydroxylation sites is 1. The van der Waals surface area contributed by atoms with Crippen molar-refractivity contribution >= 4 is 40.7 Å². The predicted molar refractivity (Wildman–Crippen MR) is 122 cm³/mol. The summed E-state index contributed by atoms with van der Waals surface area (Å²) in [6.45, 7) is 1.31. The Morgan fingerprint density at radius 3 is 2.52 bits per heavy atom. The van der Waals surface area contributed by atoms with E-state index < -0.39 is 17.1 Å². The Bertz CT molecular complexity index is 1280. The van der Waals surface area contributed by atoms with Crippen molar-refractivity contribution in [1.29, 1.82) is 0 Å². The highest BCUT2D eigenvalue weighted by molar-refractivity contribution is 6.30. The number of nitro groups is 1. The molecule has 1 aliphatic rings. The topological polar surface area (TPSA) is 114 Å². The quantitative estimate of drug-likeness (QED) is 0.432. The lowest BCUT2D eigenvalue weighted by Gasteiger charge is -2.19. The van der Waals surface area contributed by atoms with Gasteiger partial charge in [-0.1, -0.05) is 35.9 Å². The molecular weight excluding hydrogens is 448 g/mol. The van der Waals surface area contributed by atoms with E-state index >= 15 is 0 Å². The highest BCUT2D eigenvalue weighted by Gasteiger charge is 2.34. The molecule has 1 N–H and O–H groups in total. The Morgan fingerprint density at radius 2 is 1.82 bits per heavy atom. The number of nitrogens with zero attached hydrogens (tertiary/aromatic N) is 3. The fraction of sp³-hybridized carbons (Fsp3) is 0.0870. The molecule has 33 heavy (non-hydrogen) atoms. The zero-order valence-electron chi connectivity index (χ0n) is 17.3. The summed E-state index contributed by atoms with van der Waals surface area (Å²) in [7, 11) is 0. The van der Waals surface area contributed by atoms with Crippen LogP contribution in [-0.4, -0.2) is 27.6 Å². The second-order valence-corrected chi connectivity index (χ2v) is 7.53. The minimum atomic E-state index is -0.988. The van der Waals surface area contributed by atoms with E-state index in [9.17, 15) is 19.7 Å². The number of rotatable bonds is 5. The van der Waals surface area contributed by atoms with Gasteiger partial charge in [0.05, 0.1) is 16.2 Å². The van der Waals surface area contributed by atoms with Gasteiger partial charge in [0.2, 0.25) is 18.0 Å². The number of ether oxygens (including phenoxy) is 1. The standard InChI is InChI=1S/C23H17ClN4O5/c1-14(29)27-23(16-5-4-6-18(13-16)28(31)32)33-22(26-27)19-7-2-3-8-20(19)25-21(30)15-9-11-17(24)12-10-15/h2-13,23H,1H3,(H,25,30)/t23-/m1/s1. The number of benzene rings is 3. The Kier molecular flexibility index (Phi) is 6.05. The number of carbonyl (C=O) groups is 2. The van der Waals surface area contributed by atoms with E-state index in [1.807, 2.05) is 0 Å². The Hall–Kier alpha value is -4.24. The number of amides is 2. The van der Waals surface area contributed by atoms with E-state index in [4.69, 9.17) is 16.3 Å². The number of halogens is 1. The first-order valence-corrected chi connectivity index (χ1v) is 10.2. The number of nitro benzene ring substituents is 1. The van der Waals surface area contributed by atoms with Crippen LogP contribution < -0.4 is 5.32 Å². The lowest BCUT2D eigenvalue weighted by atomic mass is 10.1. The molecule has 0 unspecified atom stereocenters. The molecule has 0 aliphatic carbocycles. The number of anilines is 1. The molecule has 1 heterocycles. The molecule has 0 fully saturated rings. The molecule has 166 valence electrons. The number of nitrogens with one attached hydrogen (secondary N) is 1. The second-order valence-electron chi connectivity index (χ2n) is 7.10. The normalized spacial score (nSPS) is 14.9. The average Bonchev–Trinajstić information content (AvgIpc) is 3.26. The molecule has 2 amide bonds. The van der Waals surface area contributed by atoms with Crippen LogP contribution in [0.3, 0.4) is 0 Å². The molecule has 3 aromatic carbocycles. The fourth-order valence-corrected chi connectivity index (χ4v) is 3.38. The summed E-state index contributed by atoms with van der Waals surface area (Å²) in [6, 6.07) is 19.0. The first-order chi connectivity index (χ1) is 15.8. The first-order valence-electron chi connectivity index (χ1n) is 9.79. The van der Waals surface area contributed by atoms with Crippen molar-refractivity contribution in [2.75, 3.05) is 5.32 Å². The van der Waals surface area contributed by atoms with Crippen molar-refractivity contribution in [3.8, 4) is 0 Å². The Morgan fingerprint density at radius 1 is 1.09 bits per heavy atom. The molecule has 0 aromatic heterocycles. The largest absolute Gasteiger partial charge is 0.446 e. The van der Waals surface area contributed by atoms with E-state index in [1.165, 1.54) is 25.1 Å². The zero-order valence-corrected chi connectivity index (χ0v) is 18.0. The first kappa shape index (κ1) is 22.0. The van der Waals surface area contributed by atoms with Crippen molar-refractivity contribution in [1.82, 2.24) is 5.01 Å². The maximum Gasteiger partial charge on any atom is 0.269 e. The highest BCUT2D eigenvalue weighted by atomic mass is 35.5. The van der Waals surface area contributed by atoms with Crippen molar-refractivity contribution in [2.45, 2.75) is 13.2 Å². The maximum absolute atomic E-state index is 12.7. The minimum absolute atomic E-state index is 0.0914.